The van der Waals surface area contributed by atoms with E-state index in [1.807, 2.05) is 12.1 Å². The third kappa shape index (κ3) is 2.39. The van der Waals surface area contributed by atoms with Gasteiger partial charge in [-0.15, -0.1) is 0 Å². The van der Waals surface area contributed by atoms with E-state index < -0.39 is 0 Å². The predicted octanol–water partition coefficient (Wildman–Crippen LogP) is 0.862. The second kappa shape index (κ2) is 5.39. The van der Waals surface area contributed by atoms with E-state index in [9.17, 15) is 9.59 Å². The number of nitrogens with zero attached hydrogens (tertiary/aromatic N) is 1. The average Bonchev–Trinajstić information content (AvgIpc) is 3.09. The number of nitrogens with one attached hydrogen (secondary N) is 2. The van der Waals surface area contributed by atoms with E-state index in [4.69, 9.17) is 0 Å². The molecule has 116 valence electrons. The molecule has 3 aliphatic rings. The van der Waals surface area contributed by atoms with Gasteiger partial charge in [0.15, 0.2) is 0 Å². The molecule has 5 heteroatoms. The highest BCUT2D eigenvalue weighted by atomic mass is 16.2. The molecule has 3 heterocycles. The first kappa shape index (κ1) is 13.8. The van der Waals surface area contributed by atoms with Crippen LogP contribution in [-0.4, -0.2) is 38.0 Å². The first-order valence-corrected chi connectivity index (χ1v) is 8.10. The van der Waals surface area contributed by atoms with Gasteiger partial charge in [-0.3, -0.25) is 14.9 Å². The lowest BCUT2D eigenvalue weighted by atomic mass is 9.90. The fourth-order valence-electron chi connectivity index (χ4n) is 4.00. The molecule has 1 unspecified atom stereocenters. The molecule has 3 saturated heterocycles. The summed E-state index contributed by atoms with van der Waals surface area (Å²) in [5, 5.41) is 5.89. The maximum absolute atomic E-state index is 11.9. The number of rotatable bonds is 2. The minimum Gasteiger partial charge on any atom is -0.371 e. The number of carbonyl (C=O) groups excluding carboxylic acids is 2. The summed E-state index contributed by atoms with van der Waals surface area (Å²) in [4.78, 5) is 25.6. The highest BCUT2D eigenvalue weighted by Crippen LogP contribution is 2.32. The van der Waals surface area contributed by atoms with Gasteiger partial charge in [-0.05, 0) is 36.0 Å². The van der Waals surface area contributed by atoms with Gasteiger partial charge in [-0.2, -0.15) is 0 Å². The van der Waals surface area contributed by atoms with Crippen molar-refractivity contribution in [3.05, 3.63) is 29.8 Å². The van der Waals surface area contributed by atoms with E-state index in [0.717, 1.165) is 43.6 Å². The molecule has 3 fully saturated rings. The zero-order valence-electron chi connectivity index (χ0n) is 12.5. The number of benzene rings is 1. The summed E-state index contributed by atoms with van der Waals surface area (Å²) in [7, 11) is 0. The van der Waals surface area contributed by atoms with Gasteiger partial charge in [0.2, 0.25) is 11.8 Å². The molecule has 22 heavy (non-hydrogen) atoms. The first-order chi connectivity index (χ1) is 10.7. The maximum Gasteiger partial charge on any atom is 0.234 e. The number of amides is 2. The van der Waals surface area contributed by atoms with E-state index >= 15 is 0 Å². The van der Waals surface area contributed by atoms with Crippen molar-refractivity contribution in [1.29, 1.82) is 0 Å². The minimum absolute atomic E-state index is 0.157. The molecule has 2 N–H and O–H groups in total. The molecule has 3 aliphatic heterocycles. The second-order valence-electron chi connectivity index (χ2n) is 6.68. The quantitative estimate of drug-likeness (QED) is 0.795. The van der Waals surface area contributed by atoms with Crippen molar-refractivity contribution in [3.63, 3.8) is 0 Å². The molecule has 1 aromatic carbocycles. The number of imide groups is 1. The number of fused-ring (bicyclic) bond motifs is 1. The normalized spacial score (nSPS) is 31.3. The minimum atomic E-state index is -0.186. The summed E-state index contributed by atoms with van der Waals surface area (Å²) in [6.07, 6.45) is 1.05. The summed E-state index contributed by atoms with van der Waals surface area (Å²) in [6, 6.07) is 8.32. The molecule has 1 aromatic rings. The monoisotopic (exact) mass is 299 g/mol. The van der Waals surface area contributed by atoms with E-state index in [2.05, 4.69) is 27.7 Å². The zero-order valence-corrected chi connectivity index (χ0v) is 12.5. The fraction of sp³-hybridized carbons (Fsp3) is 0.529. The molecule has 3 atom stereocenters. The van der Waals surface area contributed by atoms with Gasteiger partial charge >= 0.3 is 0 Å². The molecule has 0 spiro atoms. The Morgan fingerprint density at radius 3 is 2.32 bits per heavy atom. The smallest absolute Gasteiger partial charge is 0.234 e. The Hall–Kier alpha value is -1.88. The molecular formula is C17H21N3O2. The van der Waals surface area contributed by atoms with Crippen molar-refractivity contribution in [2.75, 3.05) is 31.1 Å². The molecule has 0 saturated carbocycles. The van der Waals surface area contributed by atoms with Crippen LogP contribution < -0.4 is 15.5 Å². The Balaban J connectivity index is 1.47. The van der Waals surface area contributed by atoms with Crippen LogP contribution in [0.15, 0.2) is 24.3 Å². The molecule has 0 aromatic heterocycles. The predicted molar refractivity (Wildman–Crippen MR) is 83.6 cm³/mol. The van der Waals surface area contributed by atoms with Crippen LogP contribution in [0.3, 0.4) is 0 Å². The SMILES string of the molecule is O=C1CCC(c2ccc(N3C[C@H]4CNC[C@H]4C3)cc2)C(=O)N1. The van der Waals surface area contributed by atoms with Crippen LogP contribution in [0.25, 0.3) is 0 Å². The van der Waals surface area contributed by atoms with Gasteiger partial charge in [-0.1, -0.05) is 12.1 Å². The molecule has 2 amide bonds. The lowest BCUT2D eigenvalue weighted by Crippen LogP contribution is -2.39. The van der Waals surface area contributed by atoms with Gasteiger partial charge in [0.05, 0.1) is 5.92 Å². The molecule has 0 bridgehead atoms. The van der Waals surface area contributed by atoms with E-state index in [1.165, 1.54) is 5.69 Å². The van der Waals surface area contributed by atoms with Crippen LogP contribution in [0.2, 0.25) is 0 Å². The summed E-state index contributed by atoms with van der Waals surface area (Å²) in [6.45, 7) is 4.51. The highest BCUT2D eigenvalue weighted by molar-refractivity contribution is 6.00. The van der Waals surface area contributed by atoms with Gasteiger partial charge < -0.3 is 10.2 Å². The number of hydrogen-bond acceptors (Lipinski definition) is 4. The van der Waals surface area contributed by atoms with Crippen molar-refractivity contribution >= 4 is 17.5 Å². The molecule has 0 radical (unpaired) electrons. The van der Waals surface area contributed by atoms with Crippen molar-refractivity contribution in [3.8, 4) is 0 Å². The first-order valence-electron chi connectivity index (χ1n) is 8.10. The molecule has 4 rings (SSSR count). The van der Waals surface area contributed by atoms with Crippen molar-refractivity contribution in [2.24, 2.45) is 11.8 Å². The van der Waals surface area contributed by atoms with Crippen molar-refractivity contribution in [1.82, 2.24) is 10.6 Å². The third-order valence-electron chi connectivity index (χ3n) is 5.29. The topological polar surface area (TPSA) is 61.4 Å². The average molecular weight is 299 g/mol. The van der Waals surface area contributed by atoms with Crippen LogP contribution in [0.4, 0.5) is 5.69 Å². The number of hydrogen-bond donors (Lipinski definition) is 2. The summed E-state index contributed by atoms with van der Waals surface area (Å²) in [5.74, 6) is 1.04. The van der Waals surface area contributed by atoms with Gasteiger partial charge in [0.1, 0.15) is 0 Å². The fourth-order valence-corrected chi connectivity index (χ4v) is 4.00. The van der Waals surface area contributed by atoms with E-state index in [-0.39, 0.29) is 17.7 Å². The molecular weight excluding hydrogens is 278 g/mol. The third-order valence-corrected chi connectivity index (χ3v) is 5.29. The van der Waals surface area contributed by atoms with E-state index in [0.29, 0.717) is 12.8 Å². The number of piperidine rings is 1. The van der Waals surface area contributed by atoms with Gasteiger partial charge in [0, 0.05) is 38.3 Å². The van der Waals surface area contributed by atoms with Crippen LogP contribution in [-0.2, 0) is 9.59 Å². The van der Waals surface area contributed by atoms with Crippen molar-refractivity contribution in [2.45, 2.75) is 18.8 Å². The Morgan fingerprint density at radius 1 is 1.00 bits per heavy atom. The van der Waals surface area contributed by atoms with Crippen LogP contribution in [0, 0.1) is 11.8 Å². The van der Waals surface area contributed by atoms with Gasteiger partial charge in [0.25, 0.3) is 0 Å². The Kier molecular flexibility index (Phi) is 3.37. The number of carbonyl (C=O) groups is 2. The van der Waals surface area contributed by atoms with Crippen LogP contribution in [0.1, 0.15) is 24.3 Å². The lowest BCUT2D eigenvalue weighted by molar-refractivity contribution is -0.134. The summed E-state index contributed by atoms with van der Waals surface area (Å²) >= 11 is 0. The number of anilines is 1. The largest absolute Gasteiger partial charge is 0.371 e. The zero-order chi connectivity index (χ0) is 15.1. The standard InChI is InChI=1S/C17H21N3O2/c21-16-6-5-15(17(22)19-16)11-1-3-14(4-2-11)20-9-12-7-18-8-13(12)10-20/h1-4,12-13,15,18H,5-10H2,(H,19,21,22)/t12-,13+,15?. The lowest BCUT2D eigenvalue weighted by Gasteiger charge is -2.23. The Labute approximate surface area is 130 Å². The van der Waals surface area contributed by atoms with Crippen LogP contribution in [0.5, 0.6) is 0 Å². The Morgan fingerprint density at radius 2 is 1.68 bits per heavy atom. The molecule has 0 aliphatic carbocycles. The second-order valence-corrected chi connectivity index (χ2v) is 6.68. The van der Waals surface area contributed by atoms with Crippen molar-refractivity contribution < 1.29 is 9.59 Å². The maximum atomic E-state index is 11.9. The summed E-state index contributed by atoms with van der Waals surface area (Å²) in [5.41, 5.74) is 2.25. The highest BCUT2D eigenvalue weighted by Gasteiger charge is 2.36. The summed E-state index contributed by atoms with van der Waals surface area (Å²) < 4.78 is 0. The van der Waals surface area contributed by atoms with Crippen LogP contribution >= 0.6 is 0 Å². The van der Waals surface area contributed by atoms with E-state index in [1.54, 1.807) is 0 Å². The van der Waals surface area contributed by atoms with Gasteiger partial charge in [-0.25, -0.2) is 0 Å². The Bertz CT molecular complexity index is 586. The molecule has 5 nitrogen and oxygen atoms in total.